The van der Waals surface area contributed by atoms with Crippen molar-refractivity contribution in [3.8, 4) is 16.9 Å². The zero-order valence-electron chi connectivity index (χ0n) is 20.1. The number of carbonyl (C=O) groups is 1. The van der Waals surface area contributed by atoms with E-state index in [1.807, 2.05) is 44.2 Å². The minimum absolute atomic E-state index is 0.231. The number of hydrogen-bond donors (Lipinski definition) is 1. The number of rotatable bonds is 6. The molecule has 0 saturated heterocycles. The van der Waals surface area contributed by atoms with Crippen LogP contribution in [-0.4, -0.2) is 17.5 Å². The molecular formula is C29H26N2O3S. The van der Waals surface area contributed by atoms with Gasteiger partial charge in [-0.3, -0.25) is 10.1 Å². The maximum Gasteiger partial charge on any atom is 0.250 e. The Bertz CT molecular complexity index is 1560. The molecule has 0 spiro atoms. The molecule has 3 aromatic carbocycles. The van der Waals surface area contributed by atoms with Gasteiger partial charge in [-0.15, -0.1) is 0 Å². The molecule has 0 aliphatic carbocycles. The van der Waals surface area contributed by atoms with Gasteiger partial charge in [-0.05, 0) is 62.6 Å². The highest BCUT2D eigenvalue weighted by Gasteiger charge is 2.16. The Kier molecular flexibility index (Phi) is 6.14. The molecule has 0 aliphatic rings. The first-order chi connectivity index (χ1) is 16.9. The Hall–Kier alpha value is -3.90. The summed E-state index contributed by atoms with van der Waals surface area (Å²) in [6, 6.07) is 18.2. The van der Waals surface area contributed by atoms with Crippen molar-refractivity contribution < 1.29 is 13.9 Å². The van der Waals surface area contributed by atoms with E-state index >= 15 is 0 Å². The number of amides is 1. The number of aryl methyl sites for hydroxylation is 2. The SMILES string of the molecule is CCOc1cc2occ(-c3ccc(C)cc3C)c2cc1/C(C)=C/C(=O)Nc1nc2ccccc2s1. The zero-order valence-corrected chi connectivity index (χ0v) is 21.0. The Labute approximate surface area is 208 Å². The third-order valence-corrected chi connectivity index (χ3v) is 6.90. The van der Waals surface area contributed by atoms with Crippen molar-refractivity contribution >= 4 is 49.1 Å². The normalized spacial score (nSPS) is 11.8. The lowest BCUT2D eigenvalue weighted by Gasteiger charge is -2.12. The fourth-order valence-corrected chi connectivity index (χ4v) is 5.17. The maximum atomic E-state index is 12.8. The minimum atomic E-state index is -0.231. The van der Waals surface area contributed by atoms with Crippen LogP contribution in [0.2, 0.25) is 0 Å². The third-order valence-electron chi connectivity index (χ3n) is 5.94. The molecule has 0 saturated carbocycles. The highest BCUT2D eigenvalue weighted by atomic mass is 32.1. The minimum Gasteiger partial charge on any atom is -0.493 e. The van der Waals surface area contributed by atoms with E-state index in [4.69, 9.17) is 9.15 Å². The quantitative estimate of drug-likeness (QED) is 0.251. The van der Waals surface area contributed by atoms with Crippen molar-refractivity contribution in [2.24, 2.45) is 0 Å². The van der Waals surface area contributed by atoms with Gasteiger partial charge in [0.1, 0.15) is 11.3 Å². The monoisotopic (exact) mass is 482 g/mol. The van der Waals surface area contributed by atoms with Gasteiger partial charge in [0.25, 0.3) is 0 Å². The predicted molar refractivity (Wildman–Crippen MR) is 144 cm³/mol. The molecule has 35 heavy (non-hydrogen) atoms. The van der Waals surface area contributed by atoms with Crippen LogP contribution in [0, 0.1) is 13.8 Å². The van der Waals surface area contributed by atoms with Gasteiger partial charge in [-0.1, -0.05) is 47.2 Å². The van der Waals surface area contributed by atoms with Crippen molar-refractivity contribution in [2.75, 3.05) is 11.9 Å². The van der Waals surface area contributed by atoms with Crippen LogP contribution in [0.3, 0.4) is 0 Å². The highest BCUT2D eigenvalue weighted by Crippen LogP contribution is 2.38. The Morgan fingerprint density at radius 2 is 1.94 bits per heavy atom. The molecule has 176 valence electrons. The van der Waals surface area contributed by atoms with E-state index in [0.717, 1.165) is 43.4 Å². The van der Waals surface area contributed by atoms with Crippen molar-refractivity contribution in [1.29, 1.82) is 0 Å². The van der Waals surface area contributed by atoms with Gasteiger partial charge >= 0.3 is 0 Å². The number of anilines is 1. The highest BCUT2D eigenvalue weighted by molar-refractivity contribution is 7.22. The zero-order chi connectivity index (χ0) is 24.5. The number of hydrogen-bond acceptors (Lipinski definition) is 5. The van der Waals surface area contributed by atoms with Crippen molar-refractivity contribution in [3.63, 3.8) is 0 Å². The van der Waals surface area contributed by atoms with Crippen LogP contribution in [-0.2, 0) is 4.79 Å². The number of ether oxygens (including phenoxy) is 1. The molecule has 0 atom stereocenters. The number of fused-ring (bicyclic) bond motifs is 2. The van der Waals surface area contributed by atoms with Crippen LogP contribution in [0.25, 0.3) is 37.9 Å². The van der Waals surface area contributed by atoms with E-state index in [-0.39, 0.29) is 5.91 Å². The summed E-state index contributed by atoms with van der Waals surface area (Å²) in [5.41, 5.74) is 7.82. The van der Waals surface area contributed by atoms with E-state index < -0.39 is 0 Å². The van der Waals surface area contributed by atoms with Crippen LogP contribution in [0.15, 0.2) is 71.4 Å². The molecule has 5 aromatic rings. The molecule has 0 unspecified atom stereocenters. The molecule has 2 aromatic heterocycles. The van der Waals surface area contributed by atoms with Gasteiger partial charge in [0.2, 0.25) is 5.91 Å². The first-order valence-corrected chi connectivity index (χ1v) is 12.4. The van der Waals surface area contributed by atoms with Gasteiger partial charge < -0.3 is 9.15 Å². The number of nitrogens with zero attached hydrogens (tertiary/aromatic N) is 1. The second kappa shape index (κ2) is 9.39. The van der Waals surface area contributed by atoms with E-state index in [9.17, 15) is 4.79 Å². The topological polar surface area (TPSA) is 64.4 Å². The molecule has 1 N–H and O–H groups in total. The summed E-state index contributed by atoms with van der Waals surface area (Å²) in [6.07, 6.45) is 3.38. The number of allylic oxidation sites excluding steroid dienone is 1. The van der Waals surface area contributed by atoms with Crippen LogP contribution < -0.4 is 10.1 Å². The first-order valence-electron chi connectivity index (χ1n) is 11.5. The molecule has 0 bridgehead atoms. The van der Waals surface area contributed by atoms with Crippen LogP contribution in [0.4, 0.5) is 5.13 Å². The van der Waals surface area contributed by atoms with Gasteiger partial charge in [-0.25, -0.2) is 4.98 Å². The molecule has 0 fully saturated rings. The number of furan rings is 1. The lowest BCUT2D eigenvalue weighted by molar-refractivity contribution is -0.111. The van der Waals surface area contributed by atoms with Gasteiger partial charge in [0.05, 0.1) is 23.1 Å². The molecular weight excluding hydrogens is 456 g/mol. The molecule has 5 rings (SSSR count). The molecule has 2 heterocycles. The summed E-state index contributed by atoms with van der Waals surface area (Å²) in [6.45, 7) is 8.56. The standard InChI is InChI=1S/C29H26N2O3S/c1-5-33-25-15-26-22(23(16-34-26)20-11-10-17(2)12-18(20)3)14-21(25)19(4)13-28(32)31-29-30-24-8-6-7-9-27(24)35-29/h6-16H,5H2,1-4H3,(H,30,31,32)/b19-13+. The number of aromatic nitrogens is 1. The lowest BCUT2D eigenvalue weighted by atomic mass is 9.96. The fraction of sp³-hybridized carbons (Fsp3) is 0.172. The Morgan fingerprint density at radius 1 is 1.11 bits per heavy atom. The Balaban J connectivity index is 1.52. The van der Waals surface area contributed by atoms with E-state index in [0.29, 0.717) is 17.5 Å². The second-order valence-corrected chi connectivity index (χ2v) is 9.58. The largest absolute Gasteiger partial charge is 0.493 e. The third kappa shape index (κ3) is 4.57. The summed E-state index contributed by atoms with van der Waals surface area (Å²) >= 11 is 1.46. The summed E-state index contributed by atoms with van der Waals surface area (Å²) < 4.78 is 12.9. The lowest BCUT2D eigenvalue weighted by Crippen LogP contribution is -2.08. The van der Waals surface area contributed by atoms with Crippen LogP contribution >= 0.6 is 11.3 Å². The summed E-state index contributed by atoms with van der Waals surface area (Å²) in [4.78, 5) is 17.3. The number of thiazole rings is 1. The number of benzene rings is 3. The molecule has 6 heteroatoms. The summed E-state index contributed by atoms with van der Waals surface area (Å²) in [5, 5.41) is 4.46. The number of nitrogens with one attached hydrogen (secondary N) is 1. The molecule has 1 amide bonds. The van der Waals surface area contributed by atoms with Gasteiger partial charge in [0.15, 0.2) is 5.13 Å². The van der Waals surface area contributed by atoms with Crippen molar-refractivity contribution in [3.05, 3.63) is 83.6 Å². The van der Waals surface area contributed by atoms with Crippen LogP contribution in [0.1, 0.15) is 30.5 Å². The Morgan fingerprint density at radius 3 is 2.71 bits per heavy atom. The first kappa shape index (κ1) is 22.9. The van der Waals surface area contributed by atoms with Gasteiger partial charge in [0, 0.05) is 28.7 Å². The molecule has 5 nitrogen and oxygen atoms in total. The van der Waals surface area contributed by atoms with E-state index in [1.54, 1.807) is 12.3 Å². The van der Waals surface area contributed by atoms with Crippen molar-refractivity contribution in [1.82, 2.24) is 4.98 Å². The van der Waals surface area contributed by atoms with Crippen molar-refractivity contribution in [2.45, 2.75) is 27.7 Å². The smallest absolute Gasteiger partial charge is 0.250 e. The van der Waals surface area contributed by atoms with E-state index in [1.165, 1.54) is 22.5 Å². The van der Waals surface area contributed by atoms with E-state index in [2.05, 4.69) is 48.4 Å². The number of para-hydroxylation sites is 1. The van der Waals surface area contributed by atoms with Crippen LogP contribution in [0.5, 0.6) is 5.75 Å². The summed E-state index contributed by atoms with van der Waals surface area (Å²) in [7, 11) is 0. The average molecular weight is 483 g/mol. The second-order valence-electron chi connectivity index (χ2n) is 8.55. The molecule has 0 aliphatic heterocycles. The maximum absolute atomic E-state index is 12.8. The number of carbonyl (C=O) groups excluding carboxylic acids is 1. The summed E-state index contributed by atoms with van der Waals surface area (Å²) in [5.74, 6) is 0.453. The molecule has 0 radical (unpaired) electrons. The van der Waals surface area contributed by atoms with Gasteiger partial charge in [-0.2, -0.15) is 0 Å². The predicted octanol–water partition coefficient (Wildman–Crippen LogP) is 7.77. The fourth-order valence-electron chi connectivity index (χ4n) is 4.30. The average Bonchev–Trinajstić information content (AvgIpc) is 3.41.